The van der Waals surface area contributed by atoms with Gasteiger partial charge in [-0.05, 0) is 24.3 Å². The first kappa shape index (κ1) is 19.9. The highest BCUT2D eigenvalue weighted by molar-refractivity contribution is 6.30. The Balaban J connectivity index is 1.50. The maximum Gasteiger partial charge on any atom is 0.255 e. The van der Waals surface area contributed by atoms with Crippen LogP contribution >= 0.6 is 11.6 Å². The zero-order valence-electron chi connectivity index (χ0n) is 16.1. The molecule has 1 aromatic carbocycles. The van der Waals surface area contributed by atoms with E-state index >= 15 is 0 Å². The molecule has 2 aliphatic rings. The number of hydrogen-bond donors (Lipinski definition) is 1. The van der Waals surface area contributed by atoms with Crippen molar-refractivity contribution in [2.24, 2.45) is 0 Å². The number of aromatic nitrogens is 2. The van der Waals surface area contributed by atoms with Gasteiger partial charge in [-0.1, -0.05) is 11.6 Å². The Morgan fingerprint density at radius 2 is 2.03 bits per heavy atom. The summed E-state index contributed by atoms with van der Waals surface area (Å²) in [6.45, 7) is 1.51. The summed E-state index contributed by atoms with van der Waals surface area (Å²) in [4.78, 5) is 31.3. The molecule has 0 bridgehead atoms. The van der Waals surface area contributed by atoms with Crippen molar-refractivity contribution in [3.8, 4) is 0 Å². The molecule has 4 rings (SSSR count). The van der Waals surface area contributed by atoms with Gasteiger partial charge in [0.2, 0.25) is 5.91 Å². The first-order valence-electron chi connectivity index (χ1n) is 9.53. The number of hydrogen-bond acceptors (Lipinski definition) is 5. The van der Waals surface area contributed by atoms with Crippen LogP contribution in [0.2, 0.25) is 5.02 Å². The molecule has 8 nitrogen and oxygen atoms in total. The third kappa shape index (κ3) is 4.01. The molecule has 9 heteroatoms. The number of rotatable bonds is 4. The molecule has 1 spiro atoms. The van der Waals surface area contributed by atoms with Gasteiger partial charge in [-0.2, -0.15) is 0 Å². The molecule has 1 fully saturated rings. The number of carbonyl (C=O) groups excluding carboxylic acids is 2. The van der Waals surface area contributed by atoms with Gasteiger partial charge in [0, 0.05) is 56.1 Å². The van der Waals surface area contributed by atoms with Gasteiger partial charge < -0.3 is 24.3 Å². The molecule has 0 radical (unpaired) electrons. The monoisotopic (exact) mass is 418 g/mol. The van der Waals surface area contributed by atoms with Gasteiger partial charge >= 0.3 is 0 Å². The molecule has 3 heterocycles. The maximum absolute atomic E-state index is 12.9. The lowest BCUT2D eigenvalue weighted by Gasteiger charge is -2.45. The molecule has 0 saturated carbocycles. The molecule has 1 aromatic heterocycles. The minimum atomic E-state index is -0.687. The average Bonchev–Trinajstić information content (AvgIpc) is 3.20. The summed E-state index contributed by atoms with van der Waals surface area (Å²) >= 11 is 5.91. The van der Waals surface area contributed by atoms with Crippen molar-refractivity contribution in [1.82, 2.24) is 14.5 Å². The number of ether oxygens (including phenoxy) is 2. The molecule has 2 aliphatic heterocycles. The molecule has 1 atom stereocenters. The van der Waals surface area contributed by atoms with Crippen LogP contribution in [-0.4, -0.2) is 59.2 Å². The van der Waals surface area contributed by atoms with Crippen molar-refractivity contribution >= 4 is 29.1 Å². The largest absolute Gasteiger partial charge is 0.375 e. The number of methoxy groups -OCH3 is 1. The van der Waals surface area contributed by atoms with Crippen molar-refractivity contribution in [1.29, 1.82) is 0 Å². The smallest absolute Gasteiger partial charge is 0.255 e. The van der Waals surface area contributed by atoms with Gasteiger partial charge in [0.15, 0.2) is 6.10 Å². The van der Waals surface area contributed by atoms with Gasteiger partial charge in [0.05, 0.1) is 6.54 Å². The van der Waals surface area contributed by atoms with Crippen molar-refractivity contribution in [2.45, 2.75) is 31.1 Å². The Kier molecular flexibility index (Phi) is 5.58. The molecule has 1 N–H and O–H groups in total. The second-order valence-corrected chi connectivity index (χ2v) is 7.75. The van der Waals surface area contributed by atoms with Crippen LogP contribution in [0.25, 0.3) is 0 Å². The number of fused-ring (bicyclic) bond motifs is 2. The summed E-state index contributed by atoms with van der Waals surface area (Å²) in [7, 11) is 1.51. The molecule has 2 amide bonds. The summed E-state index contributed by atoms with van der Waals surface area (Å²) < 4.78 is 13.3. The zero-order chi connectivity index (χ0) is 20.4. The van der Waals surface area contributed by atoms with Crippen LogP contribution in [0.4, 0.5) is 5.69 Å². The summed E-state index contributed by atoms with van der Waals surface area (Å²) in [6, 6.07) is 6.95. The van der Waals surface area contributed by atoms with Crippen LogP contribution in [0, 0.1) is 0 Å². The molecule has 154 valence electrons. The third-order valence-electron chi connectivity index (χ3n) is 5.45. The SMILES string of the molecule is COCC(=O)N1CCC2(CC1)O[C@@H](C(=O)Nc1ccc(Cl)cc1)Cn1ccnc12. The number of nitrogens with one attached hydrogen (secondary N) is 1. The van der Waals surface area contributed by atoms with E-state index in [1.54, 1.807) is 35.4 Å². The van der Waals surface area contributed by atoms with Gasteiger partial charge in [-0.3, -0.25) is 9.59 Å². The number of imidazole rings is 1. The zero-order valence-corrected chi connectivity index (χ0v) is 16.9. The lowest BCUT2D eigenvalue weighted by Crippen LogP contribution is -2.54. The van der Waals surface area contributed by atoms with Gasteiger partial charge in [0.25, 0.3) is 5.91 Å². The number of nitrogens with zero attached hydrogens (tertiary/aromatic N) is 3. The van der Waals surface area contributed by atoms with Gasteiger partial charge in [-0.25, -0.2) is 4.98 Å². The Labute approximate surface area is 173 Å². The Hall–Kier alpha value is -2.42. The van der Waals surface area contributed by atoms with Crippen molar-refractivity contribution in [3.63, 3.8) is 0 Å². The van der Waals surface area contributed by atoms with E-state index in [0.717, 1.165) is 5.82 Å². The van der Waals surface area contributed by atoms with Gasteiger partial charge in [0.1, 0.15) is 18.0 Å². The highest BCUT2D eigenvalue weighted by atomic mass is 35.5. The van der Waals surface area contributed by atoms with E-state index in [4.69, 9.17) is 21.1 Å². The van der Waals surface area contributed by atoms with E-state index in [9.17, 15) is 9.59 Å². The van der Waals surface area contributed by atoms with Crippen LogP contribution in [0.15, 0.2) is 36.7 Å². The molecule has 1 saturated heterocycles. The number of likely N-dealkylation sites (tertiary alicyclic amines) is 1. The lowest BCUT2D eigenvalue weighted by molar-refractivity contribution is -0.173. The minimum absolute atomic E-state index is 0.0430. The fourth-order valence-electron chi connectivity index (χ4n) is 3.96. The molecule has 0 unspecified atom stereocenters. The van der Waals surface area contributed by atoms with E-state index in [1.807, 2.05) is 10.8 Å². The Morgan fingerprint density at radius 3 is 2.72 bits per heavy atom. The van der Waals surface area contributed by atoms with Crippen molar-refractivity contribution < 1.29 is 19.1 Å². The summed E-state index contributed by atoms with van der Waals surface area (Å²) in [6.07, 6.45) is 4.08. The molecule has 0 aliphatic carbocycles. The highest BCUT2D eigenvalue weighted by Crippen LogP contribution is 2.40. The third-order valence-corrected chi connectivity index (χ3v) is 5.70. The summed E-state index contributed by atoms with van der Waals surface area (Å²) in [5.41, 5.74) is -0.0263. The quantitative estimate of drug-likeness (QED) is 0.821. The first-order chi connectivity index (χ1) is 14.0. The van der Waals surface area contributed by atoms with E-state index < -0.39 is 11.7 Å². The maximum atomic E-state index is 12.9. The number of halogens is 1. The number of carbonyl (C=O) groups is 2. The molecular weight excluding hydrogens is 396 g/mol. The van der Waals surface area contributed by atoms with Crippen LogP contribution in [0.5, 0.6) is 0 Å². The van der Waals surface area contributed by atoms with E-state index in [2.05, 4.69) is 10.3 Å². The first-order valence-corrected chi connectivity index (χ1v) is 9.91. The second-order valence-electron chi connectivity index (χ2n) is 7.31. The topological polar surface area (TPSA) is 85.7 Å². The Bertz CT molecular complexity index is 890. The van der Waals surface area contributed by atoms with Crippen molar-refractivity contribution in [2.75, 3.05) is 32.1 Å². The highest BCUT2D eigenvalue weighted by Gasteiger charge is 2.47. The Morgan fingerprint density at radius 1 is 1.31 bits per heavy atom. The predicted molar refractivity (Wildman–Crippen MR) is 107 cm³/mol. The van der Waals surface area contributed by atoms with Crippen LogP contribution < -0.4 is 5.32 Å². The summed E-state index contributed by atoms with van der Waals surface area (Å²) in [5, 5.41) is 3.50. The van der Waals surface area contributed by atoms with Crippen LogP contribution in [0.3, 0.4) is 0 Å². The normalized spacial score (nSPS) is 20.3. The van der Waals surface area contributed by atoms with E-state index in [-0.39, 0.29) is 18.4 Å². The number of benzene rings is 1. The average molecular weight is 419 g/mol. The van der Waals surface area contributed by atoms with Crippen molar-refractivity contribution in [3.05, 3.63) is 47.5 Å². The summed E-state index contributed by atoms with van der Waals surface area (Å²) in [5.74, 6) is 0.550. The molecule has 29 heavy (non-hydrogen) atoms. The van der Waals surface area contributed by atoms with E-state index in [0.29, 0.717) is 43.2 Å². The lowest BCUT2D eigenvalue weighted by atomic mass is 9.88. The van der Waals surface area contributed by atoms with Crippen LogP contribution in [0.1, 0.15) is 18.7 Å². The van der Waals surface area contributed by atoms with E-state index in [1.165, 1.54) is 7.11 Å². The second kappa shape index (κ2) is 8.14. The number of piperidine rings is 1. The molecular formula is C20H23ClN4O4. The van der Waals surface area contributed by atoms with Gasteiger partial charge in [-0.15, -0.1) is 0 Å². The fraction of sp³-hybridized carbons (Fsp3) is 0.450. The number of amides is 2. The van der Waals surface area contributed by atoms with Crippen LogP contribution in [-0.2, 0) is 31.2 Å². The predicted octanol–water partition coefficient (Wildman–Crippen LogP) is 2.04. The molecule has 2 aromatic rings. The fourth-order valence-corrected chi connectivity index (χ4v) is 4.09. The standard InChI is InChI=1S/C20H23ClN4O4/c1-28-13-17(26)24-9-6-20(7-10-24)19-22-8-11-25(19)12-16(29-20)18(27)23-15-4-2-14(21)3-5-15/h2-5,8,11,16H,6-7,9-10,12-13H2,1H3,(H,23,27)/t16-/m1/s1. The number of anilines is 1. The minimum Gasteiger partial charge on any atom is -0.375 e.